The third-order valence-corrected chi connectivity index (χ3v) is 2.85. The first-order chi connectivity index (χ1) is 9.47. The number of anilines is 1. The van der Waals surface area contributed by atoms with Crippen molar-refractivity contribution < 1.29 is 17.6 Å². The van der Waals surface area contributed by atoms with Gasteiger partial charge in [0, 0.05) is 18.2 Å². The van der Waals surface area contributed by atoms with Crippen molar-refractivity contribution in [2.75, 3.05) is 5.73 Å². The molecule has 0 aliphatic rings. The van der Waals surface area contributed by atoms with Gasteiger partial charge in [-0.2, -0.15) is 0 Å². The van der Waals surface area contributed by atoms with Gasteiger partial charge in [-0.25, -0.2) is 22.5 Å². The van der Waals surface area contributed by atoms with Gasteiger partial charge in [0.1, 0.15) is 17.3 Å². The summed E-state index contributed by atoms with van der Waals surface area (Å²) in [5.74, 6) is -4.20. The Kier molecular flexibility index (Phi) is 2.63. The van der Waals surface area contributed by atoms with Gasteiger partial charge in [0.25, 0.3) is 0 Å². The maximum Gasteiger partial charge on any atom is 0.206 e. The van der Waals surface area contributed by atoms with Crippen LogP contribution < -0.4 is 5.73 Å². The van der Waals surface area contributed by atoms with Crippen molar-refractivity contribution >= 4 is 17.0 Å². The second-order valence-corrected chi connectivity index (χ2v) is 4.16. The van der Waals surface area contributed by atoms with E-state index in [4.69, 9.17) is 5.73 Å². The van der Waals surface area contributed by atoms with Gasteiger partial charge in [-0.1, -0.05) is 0 Å². The van der Waals surface area contributed by atoms with Crippen LogP contribution in [0.1, 0.15) is 0 Å². The molecule has 7 heteroatoms. The van der Waals surface area contributed by atoms with Crippen LogP contribution in [-0.2, 0) is 0 Å². The second-order valence-electron chi connectivity index (χ2n) is 4.16. The third kappa shape index (κ3) is 1.78. The molecule has 0 saturated carbocycles. The maximum absolute atomic E-state index is 13.8. The Bertz CT molecular complexity index is 803. The number of rotatable bonds is 1. The average molecular weight is 281 g/mol. The summed E-state index contributed by atoms with van der Waals surface area (Å²) in [7, 11) is 0. The van der Waals surface area contributed by atoms with Gasteiger partial charge in [-0.05, 0) is 12.1 Å². The van der Waals surface area contributed by atoms with Crippen LogP contribution in [0.25, 0.3) is 16.7 Å². The molecule has 0 fully saturated rings. The van der Waals surface area contributed by atoms with Gasteiger partial charge in [0.15, 0.2) is 11.6 Å². The monoisotopic (exact) mass is 281 g/mol. The summed E-state index contributed by atoms with van der Waals surface area (Å²) in [4.78, 5) is 3.88. The molecule has 0 bridgehead atoms. The van der Waals surface area contributed by atoms with Gasteiger partial charge in [0.05, 0.1) is 11.0 Å². The Morgan fingerprint density at radius 3 is 2.20 bits per heavy atom. The number of hydrogen-bond donors (Lipinski definition) is 1. The molecule has 0 atom stereocenters. The molecule has 0 aliphatic carbocycles. The minimum absolute atomic E-state index is 0.0897. The van der Waals surface area contributed by atoms with E-state index in [9.17, 15) is 17.6 Å². The van der Waals surface area contributed by atoms with Crippen LogP contribution in [0.15, 0.2) is 30.3 Å². The van der Waals surface area contributed by atoms with Crippen molar-refractivity contribution in [1.29, 1.82) is 0 Å². The SMILES string of the molecule is Nc1nc2ccc(F)cc2n1-c1c(F)cc(F)cc1F. The Labute approximate surface area is 110 Å². The van der Waals surface area contributed by atoms with Gasteiger partial charge >= 0.3 is 0 Å². The summed E-state index contributed by atoms with van der Waals surface area (Å²) in [5.41, 5.74) is 5.37. The number of halogens is 4. The molecule has 0 spiro atoms. The number of nitrogens with two attached hydrogens (primary N) is 1. The van der Waals surface area contributed by atoms with E-state index in [2.05, 4.69) is 4.98 Å². The van der Waals surface area contributed by atoms with Gasteiger partial charge in [-0.3, -0.25) is 4.57 Å². The molecule has 0 saturated heterocycles. The first-order valence-electron chi connectivity index (χ1n) is 5.56. The van der Waals surface area contributed by atoms with Crippen LogP contribution in [0.4, 0.5) is 23.5 Å². The molecule has 2 aromatic carbocycles. The molecule has 0 unspecified atom stereocenters. The Balaban J connectivity index is 2.40. The van der Waals surface area contributed by atoms with Crippen LogP contribution in [0, 0.1) is 23.3 Å². The van der Waals surface area contributed by atoms with Crippen LogP contribution in [0.3, 0.4) is 0 Å². The highest BCUT2D eigenvalue weighted by molar-refractivity contribution is 5.81. The zero-order valence-corrected chi connectivity index (χ0v) is 9.87. The number of nitrogen functional groups attached to an aromatic ring is 1. The van der Waals surface area contributed by atoms with E-state index in [0.29, 0.717) is 12.1 Å². The maximum atomic E-state index is 13.8. The predicted molar refractivity (Wildman–Crippen MR) is 65.3 cm³/mol. The fourth-order valence-electron chi connectivity index (χ4n) is 2.05. The minimum atomic E-state index is -1.15. The first-order valence-corrected chi connectivity index (χ1v) is 5.56. The van der Waals surface area contributed by atoms with Crippen LogP contribution >= 0.6 is 0 Å². The van der Waals surface area contributed by atoms with E-state index in [-0.39, 0.29) is 17.0 Å². The second kappa shape index (κ2) is 4.22. The number of imidazole rings is 1. The van der Waals surface area contributed by atoms with E-state index in [1.54, 1.807) is 0 Å². The lowest BCUT2D eigenvalue weighted by Gasteiger charge is -2.09. The highest BCUT2D eigenvalue weighted by Crippen LogP contribution is 2.27. The third-order valence-electron chi connectivity index (χ3n) is 2.85. The highest BCUT2D eigenvalue weighted by Gasteiger charge is 2.19. The van der Waals surface area contributed by atoms with Gasteiger partial charge in [0.2, 0.25) is 5.95 Å². The molecule has 2 N–H and O–H groups in total. The Morgan fingerprint density at radius 2 is 1.55 bits per heavy atom. The van der Waals surface area contributed by atoms with Crippen molar-refractivity contribution in [2.45, 2.75) is 0 Å². The van der Waals surface area contributed by atoms with Crippen molar-refractivity contribution in [3.05, 3.63) is 53.6 Å². The van der Waals surface area contributed by atoms with Crippen molar-refractivity contribution in [1.82, 2.24) is 9.55 Å². The van der Waals surface area contributed by atoms with Crippen molar-refractivity contribution in [3.8, 4) is 5.69 Å². The molecule has 0 aliphatic heterocycles. The van der Waals surface area contributed by atoms with Gasteiger partial charge < -0.3 is 5.73 Å². The number of fused-ring (bicyclic) bond motifs is 1. The predicted octanol–water partition coefficient (Wildman–Crippen LogP) is 3.16. The summed E-state index contributed by atoms with van der Waals surface area (Å²) in [6, 6.07) is 4.56. The molecular formula is C13H7F4N3. The summed E-state index contributed by atoms with van der Waals surface area (Å²) in [6.45, 7) is 0. The average Bonchev–Trinajstić information content (AvgIpc) is 2.65. The molecule has 102 valence electrons. The molecular weight excluding hydrogens is 274 g/mol. The van der Waals surface area contributed by atoms with E-state index < -0.39 is 29.0 Å². The van der Waals surface area contributed by atoms with Crippen LogP contribution in [0.2, 0.25) is 0 Å². The summed E-state index contributed by atoms with van der Waals surface area (Å²) >= 11 is 0. The first kappa shape index (κ1) is 12.5. The smallest absolute Gasteiger partial charge is 0.206 e. The Hall–Kier alpha value is -2.57. The van der Waals surface area contributed by atoms with Gasteiger partial charge in [-0.15, -0.1) is 0 Å². The quantitative estimate of drug-likeness (QED) is 0.696. The van der Waals surface area contributed by atoms with E-state index in [1.165, 1.54) is 6.07 Å². The zero-order chi connectivity index (χ0) is 14.4. The normalized spacial score (nSPS) is 11.2. The largest absolute Gasteiger partial charge is 0.369 e. The van der Waals surface area contributed by atoms with Crippen LogP contribution in [0.5, 0.6) is 0 Å². The Morgan fingerprint density at radius 1 is 0.900 bits per heavy atom. The fraction of sp³-hybridized carbons (Fsp3) is 0. The van der Waals surface area contributed by atoms with E-state index >= 15 is 0 Å². The lowest BCUT2D eigenvalue weighted by Crippen LogP contribution is -2.06. The highest BCUT2D eigenvalue weighted by atomic mass is 19.1. The molecule has 3 rings (SSSR count). The number of hydrogen-bond acceptors (Lipinski definition) is 2. The molecule has 3 nitrogen and oxygen atoms in total. The summed E-state index contributed by atoms with van der Waals surface area (Å²) in [5, 5.41) is 0. The lowest BCUT2D eigenvalue weighted by atomic mass is 10.2. The van der Waals surface area contributed by atoms with E-state index in [1.807, 2.05) is 0 Å². The summed E-state index contributed by atoms with van der Waals surface area (Å²) < 4.78 is 54.7. The number of nitrogens with zero attached hydrogens (tertiary/aromatic N) is 2. The minimum Gasteiger partial charge on any atom is -0.369 e. The molecule has 0 amide bonds. The van der Waals surface area contributed by atoms with Crippen molar-refractivity contribution in [3.63, 3.8) is 0 Å². The molecule has 1 aromatic heterocycles. The molecule has 3 aromatic rings. The lowest BCUT2D eigenvalue weighted by molar-refractivity contribution is 0.535. The topological polar surface area (TPSA) is 43.8 Å². The summed E-state index contributed by atoms with van der Waals surface area (Å²) in [6.07, 6.45) is 0. The molecule has 1 heterocycles. The standard InChI is InChI=1S/C13H7F4N3/c14-6-1-2-10-11(5-6)20(13(18)19-10)12-8(16)3-7(15)4-9(12)17/h1-5H,(H2,18,19). The van der Waals surface area contributed by atoms with Crippen LogP contribution in [-0.4, -0.2) is 9.55 Å². The van der Waals surface area contributed by atoms with Crippen molar-refractivity contribution in [2.24, 2.45) is 0 Å². The molecule has 20 heavy (non-hydrogen) atoms. The van der Waals surface area contributed by atoms with E-state index in [0.717, 1.165) is 16.7 Å². The number of benzene rings is 2. The zero-order valence-electron chi connectivity index (χ0n) is 9.87. The fourth-order valence-corrected chi connectivity index (χ4v) is 2.05. The molecule has 0 radical (unpaired) electrons. The number of aromatic nitrogens is 2.